The number of amides is 1. The first-order chi connectivity index (χ1) is 11.4. The highest BCUT2D eigenvalue weighted by Crippen LogP contribution is 2.21. The molecule has 1 aromatic carbocycles. The quantitative estimate of drug-likeness (QED) is 0.831. The summed E-state index contributed by atoms with van der Waals surface area (Å²) in [4.78, 5) is 17.6. The van der Waals surface area contributed by atoms with Crippen molar-refractivity contribution in [3.05, 3.63) is 29.1 Å². The molecule has 1 fully saturated rings. The van der Waals surface area contributed by atoms with Crippen molar-refractivity contribution in [2.75, 3.05) is 19.3 Å². The van der Waals surface area contributed by atoms with Crippen molar-refractivity contribution < 1.29 is 13.2 Å². The molecule has 1 unspecified atom stereocenters. The third-order valence-electron chi connectivity index (χ3n) is 4.31. The minimum atomic E-state index is -3.26. The number of hydrogen-bond donors (Lipinski definition) is 0. The van der Waals surface area contributed by atoms with Crippen LogP contribution in [0.4, 0.5) is 0 Å². The molecule has 0 aliphatic carbocycles. The van der Waals surface area contributed by atoms with Crippen LogP contribution in [0.5, 0.6) is 0 Å². The number of rotatable bonds is 3. The van der Waals surface area contributed by atoms with Crippen LogP contribution < -0.4 is 4.80 Å². The van der Waals surface area contributed by atoms with E-state index < -0.39 is 10.0 Å². The van der Waals surface area contributed by atoms with Crippen molar-refractivity contribution in [3.8, 4) is 0 Å². The van der Waals surface area contributed by atoms with E-state index in [0.717, 1.165) is 16.8 Å². The van der Waals surface area contributed by atoms with Crippen LogP contribution in [0.1, 0.15) is 19.8 Å². The standard InChI is InChI=1S/C16H21N3O3S2/c1-3-19-13-8-4-5-9-14(13)23-16(19)17-15(20)12-7-6-10-18(11-12)24(2,21)22/h4-5,8-9,12H,3,6-7,10-11H2,1-2H3. The number of benzene rings is 1. The van der Waals surface area contributed by atoms with Crippen molar-refractivity contribution in [2.24, 2.45) is 10.9 Å². The lowest BCUT2D eigenvalue weighted by Crippen LogP contribution is -2.41. The number of carbonyl (C=O) groups is 1. The molecule has 24 heavy (non-hydrogen) atoms. The number of piperidine rings is 1. The number of carbonyl (C=O) groups excluding carboxylic acids is 1. The smallest absolute Gasteiger partial charge is 0.252 e. The first kappa shape index (κ1) is 17.3. The Hall–Kier alpha value is -1.51. The molecular formula is C16H21N3O3S2. The van der Waals surface area contributed by atoms with Gasteiger partial charge < -0.3 is 4.57 Å². The summed E-state index contributed by atoms with van der Waals surface area (Å²) in [5, 5.41) is 0. The van der Waals surface area contributed by atoms with E-state index in [4.69, 9.17) is 0 Å². The van der Waals surface area contributed by atoms with Crippen molar-refractivity contribution >= 4 is 37.5 Å². The summed E-state index contributed by atoms with van der Waals surface area (Å²) in [6, 6.07) is 7.97. The molecule has 1 aliphatic rings. The molecule has 0 spiro atoms. The Morgan fingerprint density at radius 2 is 2.12 bits per heavy atom. The maximum Gasteiger partial charge on any atom is 0.252 e. The predicted molar refractivity (Wildman–Crippen MR) is 95.2 cm³/mol. The Kier molecular flexibility index (Phi) is 4.89. The van der Waals surface area contributed by atoms with Crippen LogP contribution in [0, 0.1) is 5.92 Å². The molecule has 1 saturated heterocycles. The molecule has 1 amide bonds. The summed E-state index contributed by atoms with van der Waals surface area (Å²) in [5.74, 6) is -0.582. The largest absolute Gasteiger partial charge is 0.317 e. The topological polar surface area (TPSA) is 71.7 Å². The zero-order chi connectivity index (χ0) is 17.3. The molecule has 0 N–H and O–H groups in total. The van der Waals surface area contributed by atoms with Crippen LogP contribution in [-0.4, -0.2) is 42.5 Å². The number of hydrogen-bond acceptors (Lipinski definition) is 4. The Morgan fingerprint density at radius 3 is 2.83 bits per heavy atom. The molecule has 0 bridgehead atoms. The second kappa shape index (κ2) is 6.78. The molecule has 2 aromatic rings. The average Bonchev–Trinajstić information content (AvgIpc) is 2.91. The van der Waals surface area contributed by atoms with E-state index in [1.165, 1.54) is 21.9 Å². The number of aromatic nitrogens is 1. The summed E-state index contributed by atoms with van der Waals surface area (Å²) in [6.45, 7) is 3.48. The SMILES string of the molecule is CCn1c(=NC(=O)C2CCCN(S(C)(=O)=O)C2)sc2ccccc21. The van der Waals surface area contributed by atoms with Gasteiger partial charge in [-0.2, -0.15) is 4.99 Å². The molecular weight excluding hydrogens is 346 g/mol. The number of fused-ring (bicyclic) bond motifs is 1. The highest BCUT2D eigenvalue weighted by molar-refractivity contribution is 7.88. The number of thiazole rings is 1. The van der Waals surface area contributed by atoms with E-state index >= 15 is 0 Å². The van der Waals surface area contributed by atoms with Gasteiger partial charge >= 0.3 is 0 Å². The molecule has 1 aromatic heterocycles. The summed E-state index contributed by atoms with van der Waals surface area (Å²) in [7, 11) is -3.26. The van der Waals surface area contributed by atoms with Crippen molar-refractivity contribution in [1.29, 1.82) is 0 Å². The lowest BCUT2D eigenvalue weighted by atomic mass is 9.99. The number of sulfonamides is 1. The Bertz CT molecular complexity index is 927. The minimum absolute atomic E-state index is 0.225. The summed E-state index contributed by atoms with van der Waals surface area (Å²) < 4.78 is 27.9. The molecule has 8 heteroatoms. The van der Waals surface area contributed by atoms with Gasteiger partial charge in [-0.15, -0.1) is 0 Å². The molecule has 0 radical (unpaired) electrons. The summed E-state index contributed by atoms with van der Waals surface area (Å²) in [6.07, 6.45) is 2.57. The van der Waals surface area contributed by atoms with Gasteiger partial charge in [-0.1, -0.05) is 23.5 Å². The van der Waals surface area contributed by atoms with Crippen molar-refractivity contribution in [1.82, 2.24) is 8.87 Å². The van der Waals surface area contributed by atoms with Crippen LogP contribution in [-0.2, 0) is 21.4 Å². The monoisotopic (exact) mass is 367 g/mol. The average molecular weight is 367 g/mol. The van der Waals surface area contributed by atoms with E-state index in [2.05, 4.69) is 4.99 Å². The van der Waals surface area contributed by atoms with E-state index in [0.29, 0.717) is 24.2 Å². The van der Waals surface area contributed by atoms with Gasteiger partial charge in [0.25, 0.3) is 5.91 Å². The minimum Gasteiger partial charge on any atom is -0.317 e. The highest BCUT2D eigenvalue weighted by atomic mass is 32.2. The predicted octanol–water partition coefficient (Wildman–Crippen LogP) is 1.82. The third-order valence-corrected chi connectivity index (χ3v) is 6.64. The summed E-state index contributed by atoms with van der Waals surface area (Å²) in [5.41, 5.74) is 1.07. The second-order valence-corrected chi connectivity index (χ2v) is 9.00. The van der Waals surface area contributed by atoms with Crippen LogP contribution in [0.15, 0.2) is 29.3 Å². The second-order valence-electron chi connectivity index (χ2n) is 6.01. The fraction of sp³-hybridized carbons (Fsp3) is 0.500. The fourth-order valence-electron chi connectivity index (χ4n) is 3.04. The molecule has 130 valence electrons. The van der Waals surface area contributed by atoms with Gasteiger partial charge in [0.2, 0.25) is 10.0 Å². The fourth-order valence-corrected chi connectivity index (χ4v) is 5.05. The molecule has 1 atom stereocenters. The first-order valence-electron chi connectivity index (χ1n) is 8.02. The van der Waals surface area contributed by atoms with Gasteiger partial charge in [0.1, 0.15) is 0 Å². The van der Waals surface area contributed by atoms with Crippen LogP contribution in [0.3, 0.4) is 0 Å². The number of aryl methyl sites for hydroxylation is 1. The van der Waals surface area contributed by atoms with Gasteiger partial charge in [-0.25, -0.2) is 12.7 Å². The normalized spacial score (nSPS) is 20.6. The number of para-hydroxylation sites is 1. The Morgan fingerprint density at radius 1 is 1.38 bits per heavy atom. The molecule has 6 nitrogen and oxygen atoms in total. The van der Waals surface area contributed by atoms with E-state index in [9.17, 15) is 13.2 Å². The zero-order valence-electron chi connectivity index (χ0n) is 13.8. The third kappa shape index (κ3) is 3.45. The van der Waals surface area contributed by atoms with E-state index in [1.54, 1.807) is 0 Å². The van der Waals surface area contributed by atoms with E-state index in [1.807, 2.05) is 35.8 Å². The summed E-state index contributed by atoms with van der Waals surface area (Å²) >= 11 is 1.49. The Balaban J connectivity index is 1.92. The molecule has 0 saturated carbocycles. The first-order valence-corrected chi connectivity index (χ1v) is 10.7. The zero-order valence-corrected chi connectivity index (χ0v) is 15.4. The van der Waals surface area contributed by atoms with Crippen molar-refractivity contribution in [3.63, 3.8) is 0 Å². The van der Waals surface area contributed by atoms with Crippen LogP contribution in [0.2, 0.25) is 0 Å². The Labute approximate surface area is 145 Å². The van der Waals surface area contributed by atoms with Crippen LogP contribution in [0.25, 0.3) is 10.2 Å². The maximum absolute atomic E-state index is 12.6. The lowest BCUT2D eigenvalue weighted by molar-refractivity contribution is -0.122. The van der Waals surface area contributed by atoms with Crippen LogP contribution >= 0.6 is 11.3 Å². The molecule has 3 rings (SSSR count). The number of nitrogens with zero attached hydrogens (tertiary/aromatic N) is 3. The molecule has 1 aliphatic heterocycles. The maximum atomic E-state index is 12.6. The highest BCUT2D eigenvalue weighted by Gasteiger charge is 2.30. The van der Waals surface area contributed by atoms with Gasteiger partial charge in [-0.3, -0.25) is 4.79 Å². The van der Waals surface area contributed by atoms with Gasteiger partial charge in [0.15, 0.2) is 4.80 Å². The lowest BCUT2D eigenvalue weighted by Gasteiger charge is -2.28. The van der Waals surface area contributed by atoms with Gasteiger partial charge in [-0.05, 0) is 31.9 Å². The molecule has 2 heterocycles. The van der Waals surface area contributed by atoms with E-state index in [-0.39, 0.29) is 18.4 Å². The van der Waals surface area contributed by atoms with Crippen molar-refractivity contribution in [2.45, 2.75) is 26.3 Å². The van der Waals surface area contributed by atoms with Gasteiger partial charge in [0.05, 0.1) is 22.4 Å². The van der Waals surface area contributed by atoms with Gasteiger partial charge in [0, 0.05) is 19.6 Å².